The van der Waals surface area contributed by atoms with Crippen molar-refractivity contribution in [1.29, 1.82) is 0 Å². The molecule has 0 radical (unpaired) electrons. The molecule has 0 spiro atoms. The second-order valence-corrected chi connectivity index (χ2v) is 8.84. The summed E-state index contributed by atoms with van der Waals surface area (Å²) in [6.07, 6.45) is 8.30. The van der Waals surface area contributed by atoms with E-state index < -0.39 is 0 Å². The van der Waals surface area contributed by atoms with Gasteiger partial charge >= 0.3 is 5.97 Å². The van der Waals surface area contributed by atoms with E-state index in [1.54, 1.807) is 25.3 Å². The van der Waals surface area contributed by atoms with Crippen LogP contribution in [0.2, 0.25) is 0 Å². The molecule has 1 aromatic carbocycles. The predicted molar refractivity (Wildman–Crippen MR) is 98.0 cm³/mol. The van der Waals surface area contributed by atoms with Crippen molar-refractivity contribution in [2.75, 3.05) is 7.11 Å². The number of methoxy groups -OCH3 is 1. The molecule has 0 unspecified atom stereocenters. The van der Waals surface area contributed by atoms with E-state index in [0.717, 1.165) is 23.3 Å². The van der Waals surface area contributed by atoms with Crippen LogP contribution in [-0.4, -0.2) is 18.9 Å². The topological polar surface area (TPSA) is 52.6 Å². The molecule has 0 atom stereocenters. The highest BCUT2D eigenvalue weighted by molar-refractivity contribution is 5.94. The number of carbonyl (C=O) groups is 2. The first-order chi connectivity index (χ1) is 12.5. The Labute approximate surface area is 155 Å². The normalized spacial score (nSPS) is 31.7. The highest BCUT2D eigenvalue weighted by atomic mass is 16.5. The average molecular weight is 356 g/mol. The lowest BCUT2D eigenvalue weighted by atomic mass is 9.49. The predicted octanol–water partition coefficient (Wildman–Crippen LogP) is 4.55. The van der Waals surface area contributed by atoms with Gasteiger partial charge in [0.25, 0.3) is 0 Å². The van der Waals surface area contributed by atoms with Crippen LogP contribution in [0.25, 0.3) is 0 Å². The summed E-state index contributed by atoms with van der Waals surface area (Å²) in [5.74, 6) is 3.04. The fourth-order valence-corrected chi connectivity index (χ4v) is 6.13. The Bertz CT molecular complexity index is 686. The fourth-order valence-electron chi connectivity index (χ4n) is 6.13. The van der Waals surface area contributed by atoms with Gasteiger partial charge in [0.2, 0.25) is 0 Å². The van der Waals surface area contributed by atoms with Crippen LogP contribution in [0.5, 0.6) is 5.75 Å². The maximum Gasteiger partial charge on any atom is 0.306 e. The minimum atomic E-state index is -0.109. The van der Waals surface area contributed by atoms with Gasteiger partial charge in [-0.2, -0.15) is 0 Å². The van der Waals surface area contributed by atoms with Gasteiger partial charge in [0.05, 0.1) is 13.5 Å². The summed E-state index contributed by atoms with van der Waals surface area (Å²) in [5.41, 5.74) is 1.55. The maximum atomic E-state index is 12.6. The van der Waals surface area contributed by atoms with E-state index in [1.165, 1.54) is 45.4 Å². The molecule has 4 aliphatic rings. The van der Waals surface area contributed by atoms with E-state index in [2.05, 4.69) is 0 Å². The molecule has 0 heterocycles. The van der Waals surface area contributed by atoms with Crippen molar-refractivity contribution in [2.45, 2.75) is 58.5 Å². The highest BCUT2D eigenvalue weighted by Crippen LogP contribution is 2.61. The van der Waals surface area contributed by atoms with Gasteiger partial charge in [0.1, 0.15) is 12.4 Å². The Morgan fingerprint density at radius 2 is 1.69 bits per heavy atom. The number of ketones is 1. The molecule has 4 fully saturated rings. The van der Waals surface area contributed by atoms with E-state index in [9.17, 15) is 9.59 Å². The Morgan fingerprint density at radius 1 is 1.08 bits per heavy atom. The third-order valence-corrected chi connectivity index (χ3v) is 6.76. The second-order valence-electron chi connectivity index (χ2n) is 8.84. The van der Waals surface area contributed by atoms with Gasteiger partial charge in [0.15, 0.2) is 5.78 Å². The van der Waals surface area contributed by atoms with Crippen LogP contribution in [-0.2, 0) is 16.1 Å². The maximum absolute atomic E-state index is 12.6. The summed E-state index contributed by atoms with van der Waals surface area (Å²) in [6.45, 7) is 1.69. The molecule has 4 bridgehead atoms. The number of hydrogen-bond donors (Lipinski definition) is 0. The summed E-state index contributed by atoms with van der Waals surface area (Å²) in [7, 11) is 1.59. The van der Waals surface area contributed by atoms with Crippen molar-refractivity contribution in [1.82, 2.24) is 0 Å². The average Bonchev–Trinajstić information content (AvgIpc) is 2.58. The first-order valence-electron chi connectivity index (χ1n) is 9.80. The molecule has 140 valence electrons. The third-order valence-electron chi connectivity index (χ3n) is 6.76. The van der Waals surface area contributed by atoms with Crippen molar-refractivity contribution in [3.8, 4) is 5.75 Å². The minimum absolute atomic E-state index is 0.00574. The van der Waals surface area contributed by atoms with Gasteiger partial charge in [-0.15, -0.1) is 0 Å². The zero-order chi connectivity index (χ0) is 18.3. The lowest BCUT2D eigenvalue weighted by Gasteiger charge is -2.56. The Hall–Kier alpha value is -1.84. The van der Waals surface area contributed by atoms with Gasteiger partial charge in [-0.1, -0.05) is 0 Å². The zero-order valence-electron chi connectivity index (χ0n) is 15.8. The first kappa shape index (κ1) is 17.6. The number of Topliss-reactive ketones (excluding diaryl/α,β-unsaturated/α-hetero) is 1. The van der Waals surface area contributed by atoms with Crippen LogP contribution >= 0.6 is 0 Å². The van der Waals surface area contributed by atoms with Crippen LogP contribution < -0.4 is 4.74 Å². The fraction of sp³-hybridized carbons (Fsp3) is 0.636. The molecule has 4 heteroatoms. The summed E-state index contributed by atoms with van der Waals surface area (Å²) in [4.78, 5) is 24.2. The van der Waals surface area contributed by atoms with Gasteiger partial charge in [-0.3, -0.25) is 9.59 Å². The van der Waals surface area contributed by atoms with E-state index in [4.69, 9.17) is 9.47 Å². The minimum Gasteiger partial charge on any atom is -0.496 e. The molecular weight excluding hydrogens is 328 g/mol. The van der Waals surface area contributed by atoms with Gasteiger partial charge in [0, 0.05) is 11.1 Å². The standard InChI is InChI=1S/C22H28O4/c1-14(23)18-3-4-20(25-2)19(8-18)13-26-21(24)12-22-9-15-5-16(10-22)7-17(6-15)11-22/h3-4,8,15-17H,5-7,9-13H2,1-2H3. The van der Waals surface area contributed by atoms with Gasteiger partial charge in [-0.25, -0.2) is 0 Å². The monoisotopic (exact) mass is 356 g/mol. The summed E-state index contributed by atoms with van der Waals surface area (Å²) < 4.78 is 11.0. The van der Waals surface area contributed by atoms with Crippen molar-refractivity contribution in [3.05, 3.63) is 29.3 Å². The molecule has 1 aromatic rings. The molecule has 0 amide bonds. The molecule has 4 saturated carbocycles. The molecule has 0 aromatic heterocycles. The van der Waals surface area contributed by atoms with E-state index in [-0.39, 0.29) is 23.8 Å². The highest BCUT2D eigenvalue weighted by Gasteiger charge is 2.51. The number of rotatable bonds is 6. The van der Waals surface area contributed by atoms with E-state index in [0.29, 0.717) is 17.7 Å². The summed E-state index contributed by atoms with van der Waals surface area (Å²) in [6, 6.07) is 5.26. The molecule has 5 rings (SSSR count). The molecule has 0 N–H and O–H groups in total. The van der Waals surface area contributed by atoms with Gasteiger partial charge in [-0.05, 0) is 86.8 Å². The Balaban J connectivity index is 1.40. The summed E-state index contributed by atoms with van der Waals surface area (Å²) in [5, 5.41) is 0. The first-order valence-corrected chi connectivity index (χ1v) is 9.80. The quantitative estimate of drug-likeness (QED) is 0.554. The second kappa shape index (κ2) is 6.71. The van der Waals surface area contributed by atoms with Gasteiger partial charge < -0.3 is 9.47 Å². The molecular formula is C22H28O4. The number of benzene rings is 1. The van der Waals surface area contributed by atoms with Crippen molar-refractivity contribution in [2.24, 2.45) is 23.2 Å². The van der Waals surface area contributed by atoms with Crippen molar-refractivity contribution in [3.63, 3.8) is 0 Å². The molecule has 4 aliphatic carbocycles. The zero-order valence-corrected chi connectivity index (χ0v) is 15.8. The Morgan fingerprint density at radius 3 is 2.23 bits per heavy atom. The number of hydrogen-bond acceptors (Lipinski definition) is 4. The SMILES string of the molecule is COc1ccc(C(C)=O)cc1COC(=O)CC12CC3CC(CC(C3)C1)C2. The third kappa shape index (κ3) is 3.38. The van der Waals surface area contributed by atoms with Crippen LogP contribution in [0.3, 0.4) is 0 Å². The van der Waals surface area contributed by atoms with E-state index >= 15 is 0 Å². The summed E-state index contributed by atoms with van der Waals surface area (Å²) >= 11 is 0. The number of esters is 1. The van der Waals surface area contributed by atoms with Crippen LogP contribution in [0, 0.1) is 23.2 Å². The molecule has 0 aliphatic heterocycles. The van der Waals surface area contributed by atoms with Crippen LogP contribution in [0.1, 0.15) is 67.8 Å². The molecule has 0 saturated heterocycles. The van der Waals surface area contributed by atoms with Crippen molar-refractivity contribution < 1.29 is 19.1 Å². The Kier molecular flexibility index (Phi) is 4.54. The molecule has 26 heavy (non-hydrogen) atoms. The lowest BCUT2D eigenvalue weighted by molar-refractivity contribution is -0.153. The molecule has 4 nitrogen and oxygen atoms in total. The largest absolute Gasteiger partial charge is 0.496 e. The smallest absolute Gasteiger partial charge is 0.306 e. The van der Waals surface area contributed by atoms with Crippen molar-refractivity contribution >= 4 is 11.8 Å². The number of ether oxygens (including phenoxy) is 2. The van der Waals surface area contributed by atoms with E-state index in [1.807, 2.05) is 0 Å². The lowest BCUT2D eigenvalue weighted by Crippen LogP contribution is -2.47. The van der Waals surface area contributed by atoms with Crippen LogP contribution in [0.15, 0.2) is 18.2 Å². The van der Waals surface area contributed by atoms with Crippen LogP contribution in [0.4, 0.5) is 0 Å². The number of carbonyl (C=O) groups excluding carboxylic acids is 2.